The number of aryl methyl sites for hydroxylation is 1. The van der Waals surface area contributed by atoms with Crippen molar-refractivity contribution < 1.29 is 33.5 Å². The Labute approximate surface area is 227 Å². The van der Waals surface area contributed by atoms with Crippen molar-refractivity contribution in [3.63, 3.8) is 0 Å². The zero-order valence-corrected chi connectivity index (χ0v) is 22.5. The number of piperidine rings is 1. The number of likely N-dealkylation sites (tertiary alicyclic amines) is 1. The molecule has 2 aliphatic heterocycles. The van der Waals surface area contributed by atoms with E-state index in [0.717, 1.165) is 29.7 Å². The normalized spacial score (nSPS) is 15.9. The number of nitrogens with zero attached hydrogens (tertiary/aromatic N) is 4. The van der Waals surface area contributed by atoms with E-state index in [4.69, 9.17) is 9.47 Å². The molecule has 2 aliphatic rings. The number of ether oxygens (including phenoxy) is 2. The number of carbonyl (C=O) groups excluding carboxylic acids is 3. The van der Waals surface area contributed by atoms with E-state index in [2.05, 4.69) is 9.13 Å². The van der Waals surface area contributed by atoms with Crippen LogP contribution in [0.2, 0.25) is 0 Å². The van der Waals surface area contributed by atoms with E-state index in [0.29, 0.717) is 50.5 Å². The van der Waals surface area contributed by atoms with Gasteiger partial charge in [-0.2, -0.15) is 0 Å². The van der Waals surface area contributed by atoms with Crippen LogP contribution in [0.25, 0.3) is 11.0 Å². The number of imide groups is 1. The third-order valence-electron chi connectivity index (χ3n) is 7.72. The maximum absolute atomic E-state index is 13.2. The molecule has 1 fully saturated rings. The summed E-state index contributed by atoms with van der Waals surface area (Å²) in [7, 11) is 1.60. The number of phenolic OH excluding ortho intramolecular Hbond substituents is 1. The second-order valence-corrected chi connectivity index (χ2v) is 10.1. The van der Waals surface area contributed by atoms with Crippen LogP contribution in [0.3, 0.4) is 0 Å². The molecular weight excluding hydrogens is 500 g/mol. The Balaban J connectivity index is 1.37. The predicted octanol–water partition coefficient (Wildman–Crippen LogP) is 2.35. The highest BCUT2D eigenvalue weighted by atomic mass is 16.5. The van der Waals surface area contributed by atoms with Crippen molar-refractivity contribution in [3.05, 3.63) is 59.4 Å². The summed E-state index contributed by atoms with van der Waals surface area (Å²) in [4.78, 5) is 42.1. The highest BCUT2D eigenvalue weighted by molar-refractivity contribution is 6.21. The first kappa shape index (κ1) is 26.8. The van der Waals surface area contributed by atoms with Gasteiger partial charge in [0.05, 0.1) is 37.4 Å². The van der Waals surface area contributed by atoms with E-state index in [-0.39, 0.29) is 42.5 Å². The van der Waals surface area contributed by atoms with Crippen LogP contribution in [-0.4, -0.2) is 77.2 Å². The maximum atomic E-state index is 13.2. The zero-order chi connectivity index (χ0) is 27.5. The number of phenols is 1. The minimum absolute atomic E-state index is 0.0176. The largest absolute Gasteiger partial charge is 0.508 e. The van der Waals surface area contributed by atoms with Gasteiger partial charge in [0.25, 0.3) is 17.6 Å². The molecule has 3 heterocycles. The van der Waals surface area contributed by atoms with Crippen LogP contribution in [-0.2, 0) is 33.9 Å². The molecule has 0 radical (unpaired) electrons. The van der Waals surface area contributed by atoms with Crippen LogP contribution < -0.4 is 4.57 Å². The summed E-state index contributed by atoms with van der Waals surface area (Å²) >= 11 is 0. The minimum atomic E-state index is -0.294. The molecule has 0 aliphatic carbocycles. The molecule has 2 aromatic carbocycles. The SMILES string of the molecule is CC[n+]1c(CN2C(=O)c3ccccc3C2=O)n(CC2CCN(C(=O)COCCOC)CC2)c2cc(O)ccc21. The summed E-state index contributed by atoms with van der Waals surface area (Å²) < 4.78 is 14.6. The number of hydrogen-bond donors (Lipinski definition) is 1. The average Bonchev–Trinajstić information content (AvgIpc) is 3.37. The lowest BCUT2D eigenvalue weighted by Crippen LogP contribution is -2.43. The second-order valence-electron chi connectivity index (χ2n) is 10.1. The van der Waals surface area contributed by atoms with Crippen molar-refractivity contribution in [2.75, 3.05) is 40.0 Å². The van der Waals surface area contributed by atoms with Crippen LogP contribution in [0.1, 0.15) is 46.3 Å². The molecular formula is C29H35N4O6+. The summed E-state index contributed by atoms with van der Waals surface area (Å²) in [5, 5.41) is 10.3. The number of amides is 3. The zero-order valence-electron chi connectivity index (χ0n) is 22.5. The fourth-order valence-electron chi connectivity index (χ4n) is 5.65. The molecule has 206 valence electrons. The summed E-state index contributed by atoms with van der Waals surface area (Å²) in [6, 6.07) is 12.2. The molecule has 3 aromatic rings. The first-order valence-corrected chi connectivity index (χ1v) is 13.5. The van der Waals surface area contributed by atoms with Crippen LogP contribution in [0, 0.1) is 5.92 Å². The molecule has 0 saturated carbocycles. The van der Waals surface area contributed by atoms with Crippen molar-refractivity contribution >= 4 is 28.8 Å². The van der Waals surface area contributed by atoms with E-state index in [1.165, 1.54) is 4.90 Å². The predicted molar refractivity (Wildman–Crippen MR) is 142 cm³/mol. The van der Waals surface area contributed by atoms with Crippen molar-refractivity contribution in [1.29, 1.82) is 0 Å². The van der Waals surface area contributed by atoms with Gasteiger partial charge in [0.15, 0.2) is 11.0 Å². The third kappa shape index (κ3) is 5.26. The summed E-state index contributed by atoms with van der Waals surface area (Å²) in [5.41, 5.74) is 2.64. The van der Waals surface area contributed by atoms with Gasteiger partial charge in [-0.05, 0) is 44.0 Å². The topological polar surface area (TPSA) is 105 Å². The molecule has 1 aromatic heterocycles. The molecule has 10 nitrogen and oxygen atoms in total. The lowest BCUT2D eigenvalue weighted by Gasteiger charge is -2.31. The minimum Gasteiger partial charge on any atom is -0.508 e. The molecule has 5 rings (SSSR count). The first-order valence-electron chi connectivity index (χ1n) is 13.5. The Bertz CT molecular complexity index is 1360. The number of aromatic nitrogens is 2. The Morgan fingerprint density at radius 2 is 1.74 bits per heavy atom. The van der Waals surface area contributed by atoms with Crippen molar-refractivity contribution in [3.8, 4) is 5.75 Å². The average molecular weight is 536 g/mol. The summed E-state index contributed by atoms with van der Waals surface area (Å²) in [5.74, 6) is 0.668. The van der Waals surface area contributed by atoms with Crippen LogP contribution >= 0.6 is 0 Å². The smallest absolute Gasteiger partial charge is 0.277 e. The highest BCUT2D eigenvalue weighted by Crippen LogP contribution is 2.28. The molecule has 0 spiro atoms. The van der Waals surface area contributed by atoms with Gasteiger partial charge in [0.2, 0.25) is 5.91 Å². The fraction of sp³-hybridized carbons (Fsp3) is 0.448. The number of imidazole rings is 1. The lowest BCUT2D eigenvalue weighted by atomic mass is 9.96. The quantitative estimate of drug-likeness (QED) is 0.243. The van der Waals surface area contributed by atoms with Crippen molar-refractivity contribution in [2.24, 2.45) is 5.92 Å². The van der Waals surface area contributed by atoms with Gasteiger partial charge in [-0.15, -0.1) is 0 Å². The molecule has 1 saturated heterocycles. The molecule has 3 amide bonds. The summed E-state index contributed by atoms with van der Waals surface area (Å²) in [6.45, 7) is 5.63. The van der Waals surface area contributed by atoms with Crippen LogP contribution in [0.4, 0.5) is 0 Å². The molecule has 0 atom stereocenters. The number of fused-ring (bicyclic) bond motifs is 2. The number of aromatic hydroxyl groups is 1. The van der Waals surface area contributed by atoms with E-state index < -0.39 is 0 Å². The van der Waals surface area contributed by atoms with Gasteiger partial charge < -0.3 is 19.5 Å². The molecule has 39 heavy (non-hydrogen) atoms. The highest BCUT2D eigenvalue weighted by Gasteiger charge is 2.39. The van der Waals surface area contributed by atoms with Crippen LogP contribution in [0.15, 0.2) is 42.5 Å². The van der Waals surface area contributed by atoms with Crippen molar-refractivity contribution in [2.45, 2.75) is 39.4 Å². The number of carbonyl (C=O) groups is 3. The van der Waals surface area contributed by atoms with Gasteiger partial charge in [0.1, 0.15) is 18.9 Å². The Morgan fingerprint density at radius 3 is 2.38 bits per heavy atom. The number of benzene rings is 2. The summed E-state index contributed by atoms with van der Waals surface area (Å²) in [6.07, 6.45) is 1.64. The van der Waals surface area contributed by atoms with Crippen LogP contribution in [0.5, 0.6) is 5.75 Å². The first-order chi connectivity index (χ1) is 18.9. The monoisotopic (exact) mass is 535 g/mol. The molecule has 1 N–H and O–H groups in total. The number of hydrogen-bond acceptors (Lipinski definition) is 6. The van der Waals surface area contributed by atoms with Gasteiger partial charge in [-0.25, -0.2) is 9.13 Å². The standard InChI is InChI=1S/C29H34N4O6/c1-3-31-24-9-8-21(34)16-25(24)32(17-20-10-12-30(13-11-20)27(35)19-39-15-14-38-2)26(31)18-33-28(36)22-6-4-5-7-23(22)29(33)37/h4-9,16,20H,3,10-15,17-19H2,1-2H3/p+1. The molecule has 0 bridgehead atoms. The molecule has 10 heteroatoms. The van der Waals surface area contributed by atoms with E-state index in [1.807, 2.05) is 17.9 Å². The fourth-order valence-corrected chi connectivity index (χ4v) is 5.65. The Morgan fingerprint density at radius 1 is 1.05 bits per heavy atom. The van der Waals surface area contributed by atoms with Gasteiger partial charge in [-0.1, -0.05) is 12.1 Å². The second kappa shape index (κ2) is 11.5. The molecule has 0 unspecified atom stereocenters. The maximum Gasteiger partial charge on any atom is 0.277 e. The number of methoxy groups -OCH3 is 1. The third-order valence-corrected chi connectivity index (χ3v) is 7.72. The lowest BCUT2D eigenvalue weighted by molar-refractivity contribution is -0.677. The Hall–Kier alpha value is -3.76. The van der Waals surface area contributed by atoms with Crippen molar-refractivity contribution in [1.82, 2.24) is 14.4 Å². The number of rotatable bonds is 10. The van der Waals surface area contributed by atoms with E-state index in [1.54, 1.807) is 43.5 Å². The van der Waals surface area contributed by atoms with E-state index >= 15 is 0 Å². The Kier molecular flexibility index (Phi) is 7.94. The van der Waals surface area contributed by atoms with Gasteiger partial charge >= 0.3 is 0 Å². The van der Waals surface area contributed by atoms with E-state index in [9.17, 15) is 19.5 Å². The van der Waals surface area contributed by atoms with Gasteiger partial charge in [-0.3, -0.25) is 19.3 Å². The van der Waals surface area contributed by atoms with Gasteiger partial charge in [0, 0.05) is 32.2 Å².